The van der Waals surface area contributed by atoms with Gasteiger partial charge in [-0.1, -0.05) is 6.07 Å². The van der Waals surface area contributed by atoms with Gasteiger partial charge in [-0.15, -0.1) is 0 Å². The SMILES string of the molecule is Cc1ccc(S(=O)(=O)Nc2cc(OCC(F)(F)F)cc(OCC(F)(F)C(F)F)c2)cc1C. The number of hydrogen-bond donors (Lipinski definition) is 1. The zero-order valence-electron chi connectivity index (χ0n) is 16.6. The number of rotatable bonds is 9. The first-order chi connectivity index (χ1) is 14.6. The molecule has 0 aliphatic heterocycles. The highest BCUT2D eigenvalue weighted by molar-refractivity contribution is 7.92. The molecule has 0 spiro atoms. The molecule has 0 radical (unpaired) electrons. The Morgan fingerprint density at radius 3 is 1.94 bits per heavy atom. The van der Waals surface area contributed by atoms with Gasteiger partial charge in [-0.05, 0) is 37.1 Å². The molecule has 5 nitrogen and oxygen atoms in total. The Hall–Kier alpha value is -2.70. The Kier molecular flexibility index (Phi) is 7.53. The highest BCUT2D eigenvalue weighted by Gasteiger charge is 2.41. The maximum absolute atomic E-state index is 13.1. The molecule has 0 unspecified atom stereocenters. The van der Waals surface area contributed by atoms with E-state index in [1.54, 1.807) is 13.8 Å². The van der Waals surface area contributed by atoms with Gasteiger partial charge >= 0.3 is 18.5 Å². The summed E-state index contributed by atoms with van der Waals surface area (Å²) in [5.74, 6) is -5.73. The zero-order valence-corrected chi connectivity index (χ0v) is 17.5. The van der Waals surface area contributed by atoms with Gasteiger partial charge in [-0.3, -0.25) is 4.72 Å². The van der Waals surface area contributed by atoms with Crippen LogP contribution >= 0.6 is 0 Å². The molecule has 178 valence electrons. The van der Waals surface area contributed by atoms with E-state index in [4.69, 9.17) is 0 Å². The maximum Gasteiger partial charge on any atom is 0.422 e. The summed E-state index contributed by atoms with van der Waals surface area (Å²) in [4.78, 5) is -0.172. The Bertz CT molecular complexity index is 1060. The van der Waals surface area contributed by atoms with Crippen LogP contribution in [0.2, 0.25) is 0 Å². The molecular weight excluding hydrogens is 471 g/mol. The molecule has 1 N–H and O–H groups in total. The second-order valence-corrected chi connectivity index (χ2v) is 8.48. The fraction of sp³-hybridized carbons (Fsp3) is 0.368. The molecule has 0 heterocycles. The van der Waals surface area contributed by atoms with Crippen molar-refractivity contribution in [3.8, 4) is 11.5 Å². The third-order valence-electron chi connectivity index (χ3n) is 4.07. The summed E-state index contributed by atoms with van der Waals surface area (Å²) in [5, 5.41) is 0. The lowest BCUT2D eigenvalue weighted by Gasteiger charge is -2.18. The standard InChI is InChI=1S/C19H18F7NO4S/c1-11-3-4-16(5-12(11)2)32(28,29)27-13-6-14(30-9-18(22,23)17(20)21)8-15(7-13)31-10-19(24,25)26/h3-8,17,27H,9-10H2,1-2H3. The molecule has 0 aromatic heterocycles. The van der Waals surface area contributed by atoms with Crippen molar-refractivity contribution in [2.45, 2.75) is 37.3 Å². The molecular formula is C19H18F7NO4S. The zero-order chi connectivity index (χ0) is 24.3. The van der Waals surface area contributed by atoms with Gasteiger partial charge < -0.3 is 9.47 Å². The molecule has 0 bridgehead atoms. The maximum atomic E-state index is 13.1. The Balaban J connectivity index is 2.35. The van der Waals surface area contributed by atoms with Crippen LogP contribution in [0.3, 0.4) is 0 Å². The number of anilines is 1. The minimum atomic E-state index is -4.75. The van der Waals surface area contributed by atoms with E-state index in [-0.39, 0.29) is 4.90 Å². The lowest BCUT2D eigenvalue weighted by Crippen LogP contribution is -2.33. The fourth-order valence-corrected chi connectivity index (χ4v) is 3.43. The smallest absolute Gasteiger partial charge is 0.422 e. The van der Waals surface area contributed by atoms with E-state index < -0.39 is 58.9 Å². The molecule has 0 atom stereocenters. The molecule has 0 fully saturated rings. The van der Waals surface area contributed by atoms with Crippen molar-refractivity contribution in [1.29, 1.82) is 0 Å². The van der Waals surface area contributed by atoms with Crippen LogP contribution in [-0.2, 0) is 10.0 Å². The number of benzene rings is 2. The van der Waals surface area contributed by atoms with Gasteiger partial charge in [0.2, 0.25) is 0 Å². The average molecular weight is 489 g/mol. The topological polar surface area (TPSA) is 64.6 Å². The Morgan fingerprint density at radius 2 is 1.44 bits per heavy atom. The summed E-state index contributed by atoms with van der Waals surface area (Å²) in [6.07, 6.45) is -8.80. The van der Waals surface area contributed by atoms with E-state index in [0.717, 1.165) is 23.8 Å². The highest BCUT2D eigenvalue weighted by atomic mass is 32.2. The number of alkyl halides is 7. The summed E-state index contributed by atoms with van der Waals surface area (Å²) in [6, 6.07) is 6.62. The summed E-state index contributed by atoms with van der Waals surface area (Å²) in [5.41, 5.74) is 1.06. The van der Waals surface area contributed by atoms with Gasteiger partial charge in [0.15, 0.2) is 13.2 Å². The average Bonchev–Trinajstić information content (AvgIpc) is 2.66. The number of ether oxygens (including phenoxy) is 2. The number of aryl methyl sites for hydroxylation is 2. The van der Waals surface area contributed by atoms with Crippen LogP contribution in [0.1, 0.15) is 11.1 Å². The number of halogens is 7. The summed E-state index contributed by atoms with van der Waals surface area (Å²) in [6.45, 7) is -0.155. The van der Waals surface area contributed by atoms with Crippen LogP contribution in [0.15, 0.2) is 41.3 Å². The van der Waals surface area contributed by atoms with Crippen molar-refractivity contribution in [1.82, 2.24) is 0 Å². The van der Waals surface area contributed by atoms with Crippen molar-refractivity contribution in [3.63, 3.8) is 0 Å². The van der Waals surface area contributed by atoms with E-state index in [1.807, 2.05) is 0 Å². The van der Waals surface area contributed by atoms with Crippen LogP contribution < -0.4 is 14.2 Å². The molecule has 0 amide bonds. The van der Waals surface area contributed by atoms with Gasteiger partial charge in [-0.25, -0.2) is 17.2 Å². The lowest BCUT2D eigenvalue weighted by molar-refractivity contribution is -0.153. The first-order valence-corrected chi connectivity index (χ1v) is 10.3. The largest absolute Gasteiger partial charge is 0.487 e. The monoisotopic (exact) mass is 489 g/mol. The molecule has 2 aromatic carbocycles. The quantitative estimate of drug-likeness (QED) is 0.484. The normalized spacial score (nSPS) is 12.7. The van der Waals surface area contributed by atoms with Crippen LogP contribution in [0.4, 0.5) is 36.4 Å². The van der Waals surface area contributed by atoms with Crippen LogP contribution in [-0.4, -0.2) is 40.2 Å². The van der Waals surface area contributed by atoms with Gasteiger partial charge in [0, 0.05) is 18.2 Å². The first-order valence-electron chi connectivity index (χ1n) is 8.82. The number of sulfonamides is 1. The first kappa shape index (κ1) is 25.6. The van der Waals surface area contributed by atoms with Gasteiger partial charge in [0.1, 0.15) is 11.5 Å². The second-order valence-electron chi connectivity index (χ2n) is 6.80. The van der Waals surface area contributed by atoms with Crippen LogP contribution in [0.5, 0.6) is 11.5 Å². The highest BCUT2D eigenvalue weighted by Crippen LogP contribution is 2.31. The second kappa shape index (κ2) is 9.43. The minimum absolute atomic E-state index is 0.172. The molecule has 32 heavy (non-hydrogen) atoms. The minimum Gasteiger partial charge on any atom is -0.487 e. The summed E-state index contributed by atoms with van der Waals surface area (Å²) < 4.78 is 125. The number of nitrogens with one attached hydrogen (secondary N) is 1. The summed E-state index contributed by atoms with van der Waals surface area (Å²) >= 11 is 0. The van der Waals surface area contributed by atoms with Crippen molar-refractivity contribution in [3.05, 3.63) is 47.5 Å². The van der Waals surface area contributed by atoms with Crippen LogP contribution in [0, 0.1) is 13.8 Å². The fourth-order valence-electron chi connectivity index (χ4n) is 2.30. The summed E-state index contributed by atoms with van der Waals surface area (Å²) in [7, 11) is -4.24. The van der Waals surface area contributed by atoms with E-state index >= 15 is 0 Å². The Labute approximate surface area is 179 Å². The molecule has 0 saturated carbocycles. The molecule has 2 rings (SSSR count). The molecule has 0 aliphatic rings. The van der Waals surface area contributed by atoms with E-state index in [2.05, 4.69) is 14.2 Å². The third-order valence-corrected chi connectivity index (χ3v) is 5.45. The van der Waals surface area contributed by atoms with Crippen molar-refractivity contribution < 1.29 is 48.6 Å². The number of hydrogen-bond acceptors (Lipinski definition) is 4. The van der Waals surface area contributed by atoms with Crippen molar-refractivity contribution >= 4 is 15.7 Å². The van der Waals surface area contributed by atoms with E-state index in [9.17, 15) is 39.2 Å². The lowest BCUT2D eigenvalue weighted by atomic mass is 10.1. The molecule has 0 aliphatic carbocycles. The van der Waals surface area contributed by atoms with E-state index in [1.165, 1.54) is 18.2 Å². The third kappa shape index (κ3) is 7.18. The molecule has 2 aromatic rings. The van der Waals surface area contributed by atoms with Crippen molar-refractivity contribution in [2.24, 2.45) is 0 Å². The Morgan fingerprint density at radius 1 is 0.875 bits per heavy atom. The van der Waals surface area contributed by atoms with Gasteiger partial charge in [-0.2, -0.15) is 22.0 Å². The van der Waals surface area contributed by atoms with Crippen LogP contribution in [0.25, 0.3) is 0 Å². The van der Waals surface area contributed by atoms with Gasteiger partial charge in [0.25, 0.3) is 10.0 Å². The van der Waals surface area contributed by atoms with Crippen molar-refractivity contribution in [2.75, 3.05) is 17.9 Å². The predicted octanol–water partition coefficient (Wildman–Crippen LogP) is 5.32. The van der Waals surface area contributed by atoms with Gasteiger partial charge in [0.05, 0.1) is 10.6 Å². The predicted molar refractivity (Wildman–Crippen MR) is 101 cm³/mol. The molecule has 13 heteroatoms. The molecule has 0 saturated heterocycles. The van der Waals surface area contributed by atoms with E-state index in [0.29, 0.717) is 5.56 Å².